The maximum atomic E-state index is 15.2. The molecule has 252 valence electrons. The predicted octanol–water partition coefficient (Wildman–Crippen LogP) is 6.92. The van der Waals surface area contributed by atoms with Gasteiger partial charge in [0.1, 0.15) is 34.8 Å². The molecule has 0 radical (unpaired) electrons. The number of nitrogens with zero attached hydrogens (tertiary/aromatic N) is 2. The lowest BCUT2D eigenvalue weighted by Crippen LogP contribution is -2.53. The van der Waals surface area contributed by atoms with Crippen LogP contribution in [0, 0.1) is 23.3 Å². The molecule has 3 aromatic carbocycles. The zero-order valence-corrected chi connectivity index (χ0v) is 25.4. The average molecular weight is 674 g/mol. The first-order valence-corrected chi connectivity index (χ1v) is 15.1. The van der Waals surface area contributed by atoms with Crippen molar-refractivity contribution in [2.75, 3.05) is 19.6 Å². The van der Waals surface area contributed by atoms with Crippen molar-refractivity contribution in [1.29, 1.82) is 0 Å². The molecule has 0 spiro atoms. The van der Waals surface area contributed by atoms with Crippen LogP contribution in [0.15, 0.2) is 79.1 Å². The highest BCUT2D eigenvalue weighted by atomic mass is 19.4. The fraction of sp³-hybridized carbons (Fsp3) is 0.286. The number of amides is 1. The lowest BCUT2D eigenvalue weighted by molar-refractivity contribution is -0.274. The van der Waals surface area contributed by atoms with E-state index in [9.17, 15) is 35.9 Å². The second-order valence-corrected chi connectivity index (χ2v) is 11.5. The fourth-order valence-electron chi connectivity index (χ4n) is 5.91. The Morgan fingerprint density at radius 1 is 0.896 bits per heavy atom. The summed E-state index contributed by atoms with van der Waals surface area (Å²) in [4.78, 5) is 32.2. The van der Waals surface area contributed by atoms with Gasteiger partial charge in [0.2, 0.25) is 0 Å². The molecule has 1 aromatic heterocycles. The Morgan fingerprint density at radius 2 is 1.58 bits per heavy atom. The summed E-state index contributed by atoms with van der Waals surface area (Å²) in [6.07, 6.45) is -2.52. The molecule has 0 aliphatic carbocycles. The molecule has 13 heteroatoms. The summed E-state index contributed by atoms with van der Waals surface area (Å²) >= 11 is 0. The van der Waals surface area contributed by atoms with E-state index in [0.29, 0.717) is 36.8 Å². The number of hydrogen-bond donors (Lipinski definition) is 1. The number of piperazine rings is 1. The summed E-state index contributed by atoms with van der Waals surface area (Å²) in [6, 6.07) is 12.3. The molecule has 1 saturated heterocycles. The highest BCUT2D eigenvalue weighted by Crippen LogP contribution is 2.31. The molecule has 2 atom stereocenters. The van der Waals surface area contributed by atoms with Crippen LogP contribution in [0.25, 0.3) is 0 Å². The van der Waals surface area contributed by atoms with E-state index < -0.39 is 53.2 Å². The van der Waals surface area contributed by atoms with Crippen molar-refractivity contribution < 1.29 is 45.1 Å². The third kappa shape index (κ3) is 8.97. The molecule has 1 aliphatic rings. The van der Waals surface area contributed by atoms with Gasteiger partial charge in [-0.05, 0) is 83.6 Å². The van der Waals surface area contributed by atoms with Crippen LogP contribution in [-0.2, 0) is 17.6 Å². The number of alkyl halides is 3. The summed E-state index contributed by atoms with van der Waals surface area (Å²) in [5.74, 6) is -4.90. The van der Waals surface area contributed by atoms with Crippen molar-refractivity contribution in [3.63, 3.8) is 0 Å². The topological polar surface area (TPSA) is 71.5 Å². The van der Waals surface area contributed by atoms with E-state index >= 15 is 4.39 Å². The summed E-state index contributed by atoms with van der Waals surface area (Å²) in [5, 5.41) is 3.19. The van der Waals surface area contributed by atoms with E-state index in [1.165, 1.54) is 42.6 Å². The maximum absolute atomic E-state index is 15.2. The normalized spacial score (nSPS) is 15.6. The van der Waals surface area contributed by atoms with Gasteiger partial charge in [0.25, 0.3) is 5.91 Å². The maximum Gasteiger partial charge on any atom is 0.573 e. The summed E-state index contributed by atoms with van der Waals surface area (Å²) in [6.45, 7) is 1.16. The number of carbonyl (C=O) groups excluding carboxylic acids is 2. The van der Waals surface area contributed by atoms with Crippen LogP contribution in [0.3, 0.4) is 0 Å². The number of rotatable bonds is 11. The molecule has 4 aromatic rings. The van der Waals surface area contributed by atoms with E-state index in [1.54, 1.807) is 4.90 Å². The molecule has 0 unspecified atom stereocenters. The Balaban J connectivity index is 1.30. The predicted molar refractivity (Wildman–Crippen MR) is 161 cm³/mol. The van der Waals surface area contributed by atoms with Gasteiger partial charge in [0.05, 0.1) is 6.20 Å². The molecule has 1 fully saturated rings. The van der Waals surface area contributed by atoms with Crippen molar-refractivity contribution in [3.05, 3.63) is 130 Å². The first-order chi connectivity index (χ1) is 22.9. The van der Waals surface area contributed by atoms with Crippen LogP contribution in [0.2, 0.25) is 0 Å². The van der Waals surface area contributed by atoms with E-state index in [0.717, 1.165) is 30.5 Å². The molecule has 6 nitrogen and oxygen atoms in total. The number of benzene rings is 3. The molecule has 2 heterocycles. The second kappa shape index (κ2) is 15.0. The van der Waals surface area contributed by atoms with E-state index in [-0.39, 0.29) is 48.2 Å². The zero-order valence-electron chi connectivity index (χ0n) is 25.4. The van der Waals surface area contributed by atoms with Crippen LogP contribution >= 0.6 is 0 Å². The van der Waals surface area contributed by atoms with Crippen LogP contribution in [0.5, 0.6) is 5.75 Å². The number of halogens is 7. The van der Waals surface area contributed by atoms with Crippen molar-refractivity contribution in [2.45, 2.75) is 44.0 Å². The molecule has 0 saturated carbocycles. The number of Topliss-reactive ketones (excluding diaryl/α,β-unsaturated/α-hetero) is 1. The van der Waals surface area contributed by atoms with Gasteiger partial charge in [0, 0.05) is 62.3 Å². The number of carbonyl (C=O) groups is 2. The highest BCUT2D eigenvalue weighted by molar-refractivity contribution is 5.94. The first kappa shape index (κ1) is 34.6. The summed E-state index contributed by atoms with van der Waals surface area (Å²) < 4.78 is 98.6. The molecule has 1 aliphatic heterocycles. The number of aromatic nitrogens is 1. The van der Waals surface area contributed by atoms with Crippen LogP contribution in [-0.4, -0.2) is 53.6 Å². The lowest BCUT2D eigenvalue weighted by atomic mass is 9.85. The van der Waals surface area contributed by atoms with Crippen molar-refractivity contribution in [3.8, 4) is 5.75 Å². The summed E-state index contributed by atoms with van der Waals surface area (Å²) in [5.41, 5.74) is 1.34. The minimum absolute atomic E-state index is 0.127. The number of hydrogen-bond acceptors (Lipinski definition) is 5. The summed E-state index contributed by atoms with van der Waals surface area (Å²) in [7, 11) is 0. The van der Waals surface area contributed by atoms with Crippen LogP contribution in [0.4, 0.5) is 30.7 Å². The Kier molecular flexibility index (Phi) is 10.8. The van der Waals surface area contributed by atoms with Gasteiger partial charge in [-0.1, -0.05) is 12.1 Å². The van der Waals surface area contributed by atoms with Gasteiger partial charge in [-0.2, -0.15) is 0 Å². The largest absolute Gasteiger partial charge is 0.573 e. The number of pyridine rings is 1. The number of ketones is 1. The van der Waals surface area contributed by atoms with E-state index in [1.807, 2.05) is 0 Å². The van der Waals surface area contributed by atoms with E-state index in [4.69, 9.17) is 0 Å². The molecule has 5 rings (SSSR count). The van der Waals surface area contributed by atoms with Gasteiger partial charge in [-0.15, -0.1) is 13.2 Å². The van der Waals surface area contributed by atoms with Crippen LogP contribution < -0.4 is 10.1 Å². The van der Waals surface area contributed by atoms with Crippen LogP contribution in [0.1, 0.15) is 51.4 Å². The fourth-order valence-corrected chi connectivity index (χ4v) is 5.91. The lowest BCUT2D eigenvalue weighted by Gasteiger charge is -2.36. The van der Waals surface area contributed by atoms with Gasteiger partial charge in [-0.3, -0.25) is 14.6 Å². The van der Waals surface area contributed by atoms with E-state index in [2.05, 4.69) is 15.0 Å². The monoisotopic (exact) mass is 673 g/mol. The quantitative estimate of drug-likeness (QED) is 0.175. The molecule has 1 amide bonds. The minimum Gasteiger partial charge on any atom is -0.406 e. The SMILES string of the molecule is O=C(Cc1cncc(F)c1CC[C@H]1CNCCN1C(=O)c1ccc(OC(F)(F)F)cc1)C[C@@H](c1ccc(F)cc1)c1cc(F)cc(F)c1. The Labute approximate surface area is 271 Å². The smallest absolute Gasteiger partial charge is 0.406 e. The Hall–Kier alpha value is -4.78. The average Bonchev–Trinajstić information content (AvgIpc) is 3.03. The number of nitrogens with one attached hydrogen (secondary N) is 1. The van der Waals surface area contributed by atoms with Crippen molar-refractivity contribution >= 4 is 11.7 Å². The zero-order chi connectivity index (χ0) is 34.4. The second-order valence-electron chi connectivity index (χ2n) is 11.5. The molecule has 48 heavy (non-hydrogen) atoms. The van der Waals surface area contributed by atoms with Crippen molar-refractivity contribution in [2.24, 2.45) is 0 Å². The molecule has 0 bridgehead atoms. The van der Waals surface area contributed by atoms with Gasteiger partial charge >= 0.3 is 6.36 Å². The van der Waals surface area contributed by atoms with Gasteiger partial charge in [-0.25, -0.2) is 17.6 Å². The molecular formula is C35H30F7N3O3. The Morgan fingerprint density at radius 3 is 2.25 bits per heavy atom. The third-order valence-electron chi connectivity index (χ3n) is 8.15. The van der Waals surface area contributed by atoms with Crippen molar-refractivity contribution in [1.82, 2.24) is 15.2 Å². The van der Waals surface area contributed by atoms with Gasteiger partial charge < -0.3 is 15.0 Å². The first-order valence-electron chi connectivity index (χ1n) is 15.1. The standard InChI is InChI=1S/C35H30F7N3O3/c36-25-5-1-21(2-6-25)32(23-13-26(37)16-27(38)14-23)17-29(46)15-24-18-44-20-33(39)31(24)10-7-28-19-43-11-12-45(28)34(47)22-3-8-30(9-4-22)48-35(40,41)42/h1-6,8-9,13-14,16,18,20,28,32,43H,7,10-12,15,17,19H2/t28-,32-/m0/s1. The molecular weight excluding hydrogens is 643 g/mol. The highest BCUT2D eigenvalue weighted by Gasteiger charge is 2.32. The minimum atomic E-state index is -4.87. The van der Waals surface area contributed by atoms with Gasteiger partial charge in [0.15, 0.2) is 0 Å². The molecule has 1 N–H and O–H groups in total. The Bertz CT molecular complexity index is 1730. The third-order valence-corrected chi connectivity index (χ3v) is 8.15. The number of ether oxygens (including phenoxy) is 1.